The van der Waals surface area contributed by atoms with Gasteiger partial charge in [0.25, 0.3) is 11.8 Å². The van der Waals surface area contributed by atoms with Crippen molar-refractivity contribution in [3.05, 3.63) is 122 Å². The van der Waals surface area contributed by atoms with Crippen LogP contribution < -0.4 is 10.3 Å². The number of nitrogens with zero attached hydrogens (tertiary/aromatic N) is 2. The van der Waals surface area contributed by atoms with Crippen LogP contribution >= 0.6 is 58.3 Å². The maximum absolute atomic E-state index is 13.7. The Bertz CT molecular complexity index is 1680. The van der Waals surface area contributed by atoms with Gasteiger partial charge in [-0.2, -0.15) is 0 Å². The van der Waals surface area contributed by atoms with E-state index in [0.717, 1.165) is 32.3 Å². The van der Waals surface area contributed by atoms with Crippen molar-refractivity contribution in [3.8, 4) is 0 Å². The number of benzene rings is 4. The minimum absolute atomic E-state index is 0.0189. The standard InChI is InChI=1S/C30H20Cl3N3O2S2/c31-20-7-3-5-18(13-20)14-27-29(38)36(30(40-27)19-6-4-8-21(32)15-19)34-28(37)17-35-23-9-1-2-10-25(23)39-26-12-11-22(33)16-24(26)35/h1-16,30H,17H2,(H,34,37)/b27-14-. The van der Waals surface area contributed by atoms with Crippen molar-refractivity contribution >= 4 is 87.6 Å². The van der Waals surface area contributed by atoms with E-state index in [2.05, 4.69) is 5.43 Å². The first-order valence-electron chi connectivity index (χ1n) is 12.2. The third-order valence-electron chi connectivity index (χ3n) is 6.32. The molecule has 1 saturated heterocycles. The third kappa shape index (κ3) is 5.57. The van der Waals surface area contributed by atoms with Gasteiger partial charge in [0.1, 0.15) is 11.9 Å². The van der Waals surface area contributed by atoms with E-state index in [4.69, 9.17) is 34.8 Å². The largest absolute Gasteiger partial charge is 0.330 e. The summed E-state index contributed by atoms with van der Waals surface area (Å²) in [7, 11) is 0. The summed E-state index contributed by atoms with van der Waals surface area (Å²) in [5.74, 6) is -0.668. The summed E-state index contributed by atoms with van der Waals surface area (Å²) in [5, 5.41) is 2.55. The topological polar surface area (TPSA) is 52.7 Å². The molecular weight excluding hydrogens is 605 g/mol. The highest BCUT2D eigenvalue weighted by molar-refractivity contribution is 8.04. The molecule has 0 radical (unpaired) electrons. The molecule has 0 saturated carbocycles. The van der Waals surface area contributed by atoms with Crippen molar-refractivity contribution in [2.24, 2.45) is 0 Å². The molecule has 2 heterocycles. The number of carbonyl (C=O) groups excluding carboxylic acids is 2. The Morgan fingerprint density at radius 2 is 1.55 bits per heavy atom. The zero-order chi connectivity index (χ0) is 27.8. The summed E-state index contributed by atoms with van der Waals surface area (Å²) in [6.07, 6.45) is 1.78. The second-order valence-corrected chi connectivity index (χ2v) is 12.6. The predicted octanol–water partition coefficient (Wildman–Crippen LogP) is 8.60. The molecule has 0 aromatic heterocycles. The first kappa shape index (κ1) is 27.1. The smallest absolute Gasteiger partial charge is 0.280 e. The molecule has 6 rings (SSSR count). The van der Waals surface area contributed by atoms with Crippen LogP contribution in [0.25, 0.3) is 6.08 Å². The lowest BCUT2D eigenvalue weighted by molar-refractivity contribution is -0.137. The van der Waals surface area contributed by atoms with Crippen molar-refractivity contribution in [3.63, 3.8) is 0 Å². The summed E-state index contributed by atoms with van der Waals surface area (Å²) < 4.78 is 0. The van der Waals surface area contributed by atoms with E-state index in [0.29, 0.717) is 20.0 Å². The summed E-state index contributed by atoms with van der Waals surface area (Å²) in [6.45, 7) is -0.0189. The van der Waals surface area contributed by atoms with Crippen molar-refractivity contribution in [2.75, 3.05) is 11.4 Å². The molecule has 200 valence electrons. The number of hydrazine groups is 1. The fraction of sp³-hybridized carbons (Fsp3) is 0.0667. The summed E-state index contributed by atoms with van der Waals surface area (Å²) in [6, 6.07) is 28.1. The number of hydrogen-bond donors (Lipinski definition) is 1. The first-order chi connectivity index (χ1) is 19.4. The number of rotatable bonds is 5. The van der Waals surface area contributed by atoms with Gasteiger partial charge < -0.3 is 4.90 Å². The van der Waals surface area contributed by atoms with Gasteiger partial charge in [0.15, 0.2) is 0 Å². The Labute approximate surface area is 255 Å². The van der Waals surface area contributed by atoms with E-state index in [-0.39, 0.29) is 18.4 Å². The van der Waals surface area contributed by atoms with Crippen molar-refractivity contribution in [1.29, 1.82) is 0 Å². The normalized spacial score (nSPS) is 17.1. The van der Waals surface area contributed by atoms with E-state index < -0.39 is 5.37 Å². The number of fused-ring (bicyclic) bond motifs is 2. The Morgan fingerprint density at radius 1 is 0.825 bits per heavy atom. The molecule has 2 amide bonds. The Morgan fingerprint density at radius 3 is 2.35 bits per heavy atom. The number of carbonyl (C=O) groups is 2. The highest BCUT2D eigenvalue weighted by atomic mass is 35.5. The van der Waals surface area contributed by atoms with Crippen LogP contribution in [0.1, 0.15) is 16.5 Å². The highest BCUT2D eigenvalue weighted by Crippen LogP contribution is 2.49. The van der Waals surface area contributed by atoms with Gasteiger partial charge in [-0.15, -0.1) is 0 Å². The van der Waals surface area contributed by atoms with Gasteiger partial charge in [-0.1, -0.05) is 94.7 Å². The van der Waals surface area contributed by atoms with E-state index in [1.165, 1.54) is 16.8 Å². The second kappa shape index (κ2) is 11.4. The Balaban J connectivity index is 1.31. The van der Waals surface area contributed by atoms with Crippen LogP contribution in [0.2, 0.25) is 15.1 Å². The lowest BCUT2D eigenvalue weighted by Crippen LogP contribution is -2.47. The Kier molecular flexibility index (Phi) is 7.75. The zero-order valence-corrected chi connectivity index (χ0v) is 24.6. The molecule has 10 heteroatoms. The molecule has 1 atom stereocenters. The molecule has 40 heavy (non-hydrogen) atoms. The molecule has 0 bridgehead atoms. The van der Waals surface area contributed by atoms with E-state index in [1.807, 2.05) is 71.6 Å². The number of amides is 2. The van der Waals surface area contributed by atoms with Gasteiger partial charge in [0, 0.05) is 24.9 Å². The number of anilines is 2. The van der Waals surface area contributed by atoms with Crippen molar-refractivity contribution in [1.82, 2.24) is 10.4 Å². The van der Waals surface area contributed by atoms with Crippen molar-refractivity contribution < 1.29 is 9.59 Å². The average molecular weight is 625 g/mol. The Hall–Kier alpha value is -3.07. The van der Waals surface area contributed by atoms with Crippen LogP contribution in [0, 0.1) is 0 Å². The van der Waals surface area contributed by atoms with Gasteiger partial charge in [-0.3, -0.25) is 15.0 Å². The fourth-order valence-corrected chi connectivity index (χ4v) is 7.39. The molecule has 5 nitrogen and oxygen atoms in total. The SMILES string of the molecule is O=C(CN1c2ccccc2Sc2ccc(Cl)cc21)NN1C(=O)/C(=C/c2cccc(Cl)c2)SC1c1cccc(Cl)c1. The highest BCUT2D eigenvalue weighted by Gasteiger charge is 2.39. The average Bonchev–Trinajstić information content (AvgIpc) is 3.23. The van der Waals surface area contributed by atoms with E-state index in [1.54, 1.807) is 42.1 Å². The van der Waals surface area contributed by atoms with Gasteiger partial charge in [0.05, 0.1) is 16.3 Å². The number of hydrogen-bond acceptors (Lipinski definition) is 5. The lowest BCUT2D eigenvalue weighted by atomic mass is 10.2. The summed E-state index contributed by atoms with van der Waals surface area (Å²) in [5.41, 5.74) is 6.19. The molecule has 0 aliphatic carbocycles. The molecular formula is C30H20Cl3N3O2S2. The van der Waals surface area contributed by atoms with Gasteiger partial charge >= 0.3 is 0 Å². The fourth-order valence-electron chi connectivity index (χ4n) is 4.56. The van der Waals surface area contributed by atoms with Crippen LogP contribution in [0.3, 0.4) is 0 Å². The van der Waals surface area contributed by atoms with Crippen LogP contribution in [0.4, 0.5) is 11.4 Å². The first-order valence-corrected chi connectivity index (χ1v) is 15.0. The third-order valence-corrected chi connectivity index (χ3v) is 9.41. The molecule has 0 spiro atoms. The number of para-hydroxylation sites is 1. The molecule has 2 aliphatic heterocycles. The molecule has 4 aromatic rings. The maximum atomic E-state index is 13.7. The van der Waals surface area contributed by atoms with Gasteiger partial charge in [-0.25, -0.2) is 5.01 Å². The number of halogens is 3. The van der Waals surface area contributed by atoms with E-state index in [9.17, 15) is 9.59 Å². The number of thioether (sulfide) groups is 1. The van der Waals surface area contributed by atoms with E-state index >= 15 is 0 Å². The quantitative estimate of drug-likeness (QED) is 0.225. The monoisotopic (exact) mass is 623 g/mol. The van der Waals surface area contributed by atoms with Crippen LogP contribution in [0.15, 0.2) is 106 Å². The molecule has 1 N–H and O–H groups in total. The molecule has 1 unspecified atom stereocenters. The molecule has 4 aromatic carbocycles. The van der Waals surface area contributed by atoms with Gasteiger partial charge in [0.2, 0.25) is 0 Å². The van der Waals surface area contributed by atoms with Crippen LogP contribution in [-0.2, 0) is 9.59 Å². The molecule has 1 fully saturated rings. The van der Waals surface area contributed by atoms with Crippen LogP contribution in [0.5, 0.6) is 0 Å². The second-order valence-electron chi connectivity index (χ2n) is 9.07. The van der Waals surface area contributed by atoms with Crippen LogP contribution in [-0.4, -0.2) is 23.4 Å². The lowest BCUT2D eigenvalue weighted by Gasteiger charge is -2.33. The van der Waals surface area contributed by atoms with Crippen molar-refractivity contribution in [2.45, 2.75) is 15.2 Å². The molecule has 2 aliphatic rings. The minimum Gasteiger partial charge on any atom is -0.330 e. The minimum atomic E-state index is -0.508. The summed E-state index contributed by atoms with van der Waals surface area (Å²) >= 11 is 21.8. The maximum Gasteiger partial charge on any atom is 0.280 e. The summed E-state index contributed by atoms with van der Waals surface area (Å²) in [4.78, 5) is 31.7. The predicted molar refractivity (Wildman–Crippen MR) is 165 cm³/mol. The van der Waals surface area contributed by atoms with Gasteiger partial charge in [-0.05, 0) is 71.8 Å². The number of nitrogens with one attached hydrogen (secondary N) is 1. The zero-order valence-electron chi connectivity index (χ0n) is 20.7.